The number of nitrogens with zero attached hydrogens (tertiary/aromatic N) is 1. The van der Waals surface area contributed by atoms with E-state index in [1.54, 1.807) is 24.1 Å². The number of halogens is 1. The van der Waals surface area contributed by atoms with E-state index in [1.807, 2.05) is 30.3 Å². The number of carbonyl (C=O) groups is 1. The number of carbonyl (C=O) groups excluding carboxylic acids is 1. The fourth-order valence-electron chi connectivity index (χ4n) is 2.36. The van der Waals surface area contributed by atoms with Gasteiger partial charge in [0.25, 0.3) is 0 Å². The molecule has 0 fully saturated rings. The summed E-state index contributed by atoms with van der Waals surface area (Å²) in [5, 5.41) is 0. The van der Waals surface area contributed by atoms with Crippen molar-refractivity contribution in [3.63, 3.8) is 0 Å². The van der Waals surface area contributed by atoms with E-state index in [-0.39, 0.29) is 17.8 Å². The van der Waals surface area contributed by atoms with Gasteiger partial charge in [0.15, 0.2) is 0 Å². The number of amides is 1. The monoisotopic (exact) mass is 286 g/mol. The Morgan fingerprint density at radius 2 is 1.67 bits per heavy atom. The number of hydrogen-bond acceptors (Lipinski definition) is 2. The van der Waals surface area contributed by atoms with Gasteiger partial charge in [-0.2, -0.15) is 0 Å². The van der Waals surface area contributed by atoms with E-state index >= 15 is 0 Å². The zero-order valence-electron chi connectivity index (χ0n) is 12.0. The zero-order valence-corrected chi connectivity index (χ0v) is 12.0. The lowest BCUT2D eigenvalue weighted by molar-refractivity contribution is -0.131. The van der Waals surface area contributed by atoms with Gasteiger partial charge in [-0.3, -0.25) is 4.79 Å². The first-order chi connectivity index (χ1) is 10.1. The van der Waals surface area contributed by atoms with Gasteiger partial charge in [0.1, 0.15) is 5.82 Å². The minimum absolute atomic E-state index is 0.0318. The highest BCUT2D eigenvalue weighted by Crippen LogP contribution is 2.28. The van der Waals surface area contributed by atoms with Crippen molar-refractivity contribution in [2.45, 2.75) is 12.5 Å². The Bertz CT molecular complexity index is 583. The van der Waals surface area contributed by atoms with Gasteiger partial charge >= 0.3 is 0 Å². The van der Waals surface area contributed by atoms with Crippen molar-refractivity contribution in [2.75, 3.05) is 13.6 Å². The topological polar surface area (TPSA) is 46.3 Å². The lowest BCUT2D eigenvalue weighted by Crippen LogP contribution is -2.33. The second-order valence-corrected chi connectivity index (χ2v) is 4.91. The second-order valence-electron chi connectivity index (χ2n) is 4.91. The van der Waals surface area contributed by atoms with Crippen LogP contribution >= 0.6 is 0 Å². The molecule has 4 heteroatoms. The molecule has 0 saturated heterocycles. The number of hydrogen-bond donors (Lipinski definition) is 1. The van der Waals surface area contributed by atoms with Crippen LogP contribution in [0.5, 0.6) is 0 Å². The average Bonchev–Trinajstić information content (AvgIpc) is 2.50. The van der Waals surface area contributed by atoms with Gasteiger partial charge in [-0.1, -0.05) is 42.5 Å². The Labute approximate surface area is 124 Å². The molecule has 0 spiro atoms. The molecule has 0 aliphatic rings. The lowest BCUT2D eigenvalue weighted by Gasteiger charge is -2.29. The van der Waals surface area contributed by atoms with Crippen molar-refractivity contribution in [3.8, 4) is 0 Å². The van der Waals surface area contributed by atoms with Gasteiger partial charge in [-0.25, -0.2) is 4.39 Å². The van der Waals surface area contributed by atoms with E-state index < -0.39 is 0 Å². The summed E-state index contributed by atoms with van der Waals surface area (Å²) in [5.74, 6) is -0.322. The van der Waals surface area contributed by atoms with Crippen molar-refractivity contribution in [1.29, 1.82) is 0 Å². The first-order valence-corrected chi connectivity index (χ1v) is 6.89. The molecule has 0 radical (unpaired) electrons. The van der Waals surface area contributed by atoms with Crippen molar-refractivity contribution in [1.82, 2.24) is 4.90 Å². The van der Waals surface area contributed by atoms with Crippen LogP contribution in [0.3, 0.4) is 0 Å². The smallest absolute Gasteiger partial charge is 0.224 e. The lowest BCUT2D eigenvalue weighted by atomic mass is 9.97. The molecule has 1 atom stereocenters. The Hall–Kier alpha value is -2.20. The largest absolute Gasteiger partial charge is 0.335 e. The maximum atomic E-state index is 13.1. The third-order valence-electron chi connectivity index (χ3n) is 3.44. The molecular weight excluding hydrogens is 267 g/mol. The maximum absolute atomic E-state index is 13.1. The molecule has 0 aromatic heterocycles. The van der Waals surface area contributed by atoms with E-state index in [0.29, 0.717) is 13.0 Å². The number of rotatable bonds is 5. The van der Waals surface area contributed by atoms with Gasteiger partial charge in [-0.15, -0.1) is 0 Å². The SMILES string of the molecule is CN(C(=O)CCN)[C@H](c1ccccc1)c1ccc(F)cc1. The molecule has 2 rings (SSSR count). The average molecular weight is 286 g/mol. The van der Waals surface area contributed by atoms with Gasteiger partial charge in [-0.05, 0) is 23.3 Å². The highest BCUT2D eigenvalue weighted by molar-refractivity contribution is 5.77. The van der Waals surface area contributed by atoms with Crippen LogP contribution in [0, 0.1) is 5.82 Å². The van der Waals surface area contributed by atoms with Crippen LogP contribution in [0.4, 0.5) is 4.39 Å². The number of nitrogens with two attached hydrogens (primary N) is 1. The predicted octanol–water partition coefficient (Wildman–Crippen LogP) is 2.72. The first kappa shape index (κ1) is 15.2. The summed E-state index contributed by atoms with van der Waals surface area (Å²) >= 11 is 0. The first-order valence-electron chi connectivity index (χ1n) is 6.89. The van der Waals surface area contributed by atoms with Crippen molar-refractivity contribution in [3.05, 3.63) is 71.5 Å². The van der Waals surface area contributed by atoms with E-state index in [1.165, 1.54) is 12.1 Å². The van der Waals surface area contributed by atoms with E-state index in [9.17, 15) is 9.18 Å². The van der Waals surface area contributed by atoms with Crippen LogP contribution in [0.2, 0.25) is 0 Å². The molecule has 1 amide bonds. The molecule has 0 unspecified atom stereocenters. The third-order valence-corrected chi connectivity index (χ3v) is 3.44. The van der Waals surface area contributed by atoms with Crippen LogP contribution in [0.15, 0.2) is 54.6 Å². The normalized spacial score (nSPS) is 12.0. The molecule has 2 aromatic rings. The summed E-state index contributed by atoms with van der Waals surface area (Å²) in [7, 11) is 1.75. The Balaban J connectivity index is 2.39. The molecule has 21 heavy (non-hydrogen) atoms. The minimum Gasteiger partial charge on any atom is -0.335 e. The Morgan fingerprint density at radius 3 is 2.24 bits per heavy atom. The second kappa shape index (κ2) is 6.99. The summed E-state index contributed by atoms with van der Waals surface area (Å²) in [6.45, 7) is 0.314. The van der Waals surface area contributed by atoms with Crippen molar-refractivity contribution >= 4 is 5.91 Å². The molecular formula is C17H19FN2O. The molecule has 0 aliphatic heterocycles. The van der Waals surface area contributed by atoms with Gasteiger partial charge in [0.05, 0.1) is 6.04 Å². The summed E-state index contributed by atoms with van der Waals surface area (Å²) in [5.41, 5.74) is 7.32. The molecule has 0 bridgehead atoms. The van der Waals surface area contributed by atoms with Crippen molar-refractivity contribution in [2.24, 2.45) is 5.73 Å². The van der Waals surface area contributed by atoms with Gasteiger partial charge in [0, 0.05) is 20.0 Å². The van der Waals surface area contributed by atoms with Gasteiger partial charge < -0.3 is 10.6 Å². The van der Waals surface area contributed by atoms with E-state index in [4.69, 9.17) is 5.73 Å². The summed E-state index contributed by atoms with van der Waals surface area (Å²) in [4.78, 5) is 13.8. The standard InChI is InChI=1S/C17H19FN2O/c1-20(16(21)11-12-19)17(13-5-3-2-4-6-13)14-7-9-15(18)10-8-14/h2-10,17H,11-12,19H2,1H3/t17-/m1/s1. The zero-order chi connectivity index (χ0) is 15.2. The molecule has 110 valence electrons. The van der Waals surface area contributed by atoms with Gasteiger partial charge in [0.2, 0.25) is 5.91 Å². The van der Waals surface area contributed by atoms with E-state index in [2.05, 4.69) is 0 Å². The maximum Gasteiger partial charge on any atom is 0.224 e. The van der Waals surface area contributed by atoms with Crippen LogP contribution < -0.4 is 5.73 Å². The van der Waals surface area contributed by atoms with Crippen LogP contribution in [0.1, 0.15) is 23.6 Å². The van der Waals surface area contributed by atoms with Crippen molar-refractivity contribution < 1.29 is 9.18 Å². The summed E-state index contributed by atoms with van der Waals surface area (Å²) in [6.07, 6.45) is 0.293. The highest BCUT2D eigenvalue weighted by atomic mass is 19.1. The molecule has 3 nitrogen and oxygen atoms in total. The molecule has 2 aromatic carbocycles. The quantitative estimate of drug-likeness (QED) is 0.918. The van der Waals surface area contributed by atoms with Crippen LogP contribution in [-0.4, -0.2) is 24.4 Å². The van der Waals surface area contributed by atoms with Crippen LogP contribution in [0.25, 0.3) is 0 Å². The summed E-state index contributed by atoms with van der Waals surface area (Å²) in [6, 6.07) is 15.7. The Morgan fingerprint density at radius 1 is 1.10 bits per heavy atom. The molecule has 0 aliphatic carbocycles. The van der Waals surface area contributed by atoms with E-state index in [0.717, 1.165) is 11.1 Å². The predicted molar refractivity (Wildman–Crippen MR) is 81.1 cm³/mol. The molecule has 2 N–H and O–H groups in total. The highest BCUT2D eigenvalue weighted by Gasteiger charge is 2.22. The number of benzene rings is 2. The summed E-state index contributed by atoms with van der Waals surface area (Å²) < 4.78 is 13.1. The fourth-order valence-corrected chi connectivity index (χ4v) is 2.36. The molecule has 0 heterocycles. The fraction of sp³-hybridized carbons (Fsp3) is 0.235. The third kappa shape index (κ3) is 3.67. The minimum atomic E-state index is -0.290. The Kier molecular flexibility index (Phi) is 5.06. The van der Waals surface area contributed by atoms with Crippen LogP contribution in [-0.2, 0) is 4.79 Å². The molecule has 0 saturated carbocycles.